The molecule has 0 saturated heterocycles. The van der Waals surface area contributed by atoms with E-state index in [0.717, 1.165) is 18.5 Å². The van der Waals surface area contributed by atoms with Gasteiger partial charge in [0.2, 0.25) is 0 Å². The van der Waals surface area contributed by atoms with Gasteiger partial charge in [-0.2, -0.15) is 0 Å². The summed E-state index contributed by atoms with van der Waals surface area (Å²) in [7, 11) is 4.12. The number of halogens is 1. The SMILES string of the molecule is CC(CCN(C)C)NCc1ccccc1F. The van der Waals surface area contributed by atoms with Crippen molar-refractivity contribution in [2.45, 2.75) is 25.9 Å². The van der Waals surface area contributed by atoms with Crippen LogP contribution in [-0.4, -0.2) is 31.6 Å². The zero-order valence-corrected chi connectivity index (χ0v) is 10.3. The third-order valence-corrected chi connectivity index (χ3v) is 2.61. The minimum atomic E-state index is -0.130. The van der Waals surface area contributed by atoms with Crippen molar-refractivity contribution in [2.24, 2.45) is 0 Å². The van der Waals surface area contributed by atoms with Crippen LogP contribution in [0.1, 0.15) is 18.9 Å². The van der Waals surface area contributed by atoms with Gasteiger partial charge in [0, 0.05) is 18.2 Å². The quantitative estimate of drug-likeness (QED) is 0.797. The summed E-state index contributed by atoms with van der Waals surface area (Å²) in [6, 6.07) is 7.31. The summed E-state index contributed by atoms with van der Waals surface area (Å²) in [6.07, 6.45) is 1.07. The zero-order valence-electron chi connectivity index (χ0n) is 10.3. The van der Waals surface area contributed by atoms with Crippen LogP contribution in [0.5, 0.6) is 0 Å². The molecule has 0 spiro atoms. The highest BCUT2D eigenvalue weighted by molar-refractivity contribution is 5.16. The fourth-order valence-corrected chi connectivity index (χ4v) is 1.48. The summed E-state index contributed by atoms with van der Waals surface area (Å²) in [5.41, 5.74) is 0.735. The first-order chi connectivity index (χ1) is 7.59. The molecule has 0 bridgehead atoms. The number of hydrogen-bond acceptors (Lipinski definition) is 2. The highest BCUT2D eigenvalue weighted by Crippen LogP contribution is 2.06. The summed E-state index contributed by atoms with van der Waals surface area (Å²) in [4.78, 5) is 2.15. The van der Waals surface area contributed by atoms with Crippen molar-refractivity contribution in [1.29, 1.82) is 0 Å². The molecule has 0 saturated carbocycles. The van der Waals surface area contributed by atoms with Gasteiger partial charge in [0.25, 0.3) is 0 Å². The smallest absolute Gasteiger partial charge is 0.127 e. The number of nitrogens with one attached hydrogen (secondary N) is 1. The molecule has 0 heterocycles. The standard InChI is InChI=1S/C13H21FN2/c1-11(8-9-16(2)3)15-10-12-6-4-5-7-13(12)14/h4-7,11,15H,8-10H2,1-3H3. The lowest BCUT2D eigenvalue weighted by molar-refractivity contribution is 0.365. The van der Waals surface area contributed by atoms with Crippen LogP contribution in [0.25, 0.3) is 0 Å². The maximum Gasteiger partial charge on any atom is 0.127 e. The van der Waals surface area contributed by atoms with Crippen LogP contribution >= 0.6 is 0 Å². The van der Waals surface area contributed by atoms with Gasteiger partial charge in [0.1, 0.15) is 5.82 Å². The second-order valence-electron chi connectivity index (χ2n) is 4.47. The van der Waals surface area contributed by atoms with Crippen LogP contribution < -0.4 is 5.32 Å². The first-order valence-electron chi connectivity index (χ1n) is 5.71. The summed E-state index contributed by atoms with van der Waals surface area (Å²) >= 11 is 0. The van der Waals surface area contributed by atoms with E-state index >= 15 is 0 Å². The van der Waals surface area contributed by atoms with E-state index in [1.165, 1.54) is 6.07 Å². The topological polar surface area (TPSA) is 15.3 Å². The molecule has 0 aliphatic carbocycles. The Kier molecular flexibility index (Phi) is 5.43. The van der Waals surface area contributed by atoms with E-state index in [2.05, 4.69) is 31.2 Å². The molecule has 1 atom stereocenters. The Balaban J connectivity index is 2.31. The summed E-state index contributed by atoms with van der Waals surface area (Å²) in [6.45, 7) is 3.77. The fourth-order valence-electron chi connectivity index (χ4n) is 1.48. The third kappa shape index (κ3) is 4.73. The molecular formula is C13H21FN2. The Morgan fingerprint density at radius 1 is 1.31 bits per heavy atom. The van der Waals surface area contributed by atoms with E-state index in [9.17, 15) is 4.39 Å². The van der Waals surface area contributed by atoms with E-state index in [-0.39, 0.29) is 5.82 Å². The van der Waals surface area contributed by atoms with Crippen LogP contribution in [0.15, 0.2) is 24.3 Å². The van der Waals surface area contributed by atoms with E-state index in [0.29, 0.717) is 12.6 Å². The van der Waals surface area contributed by atoms with Crippen molar-refractivity contribution in [3.05, 3.63) is 35.6 Å². The lowest BCUT2D eigenvalue weighted by atomic mass is 10.2. The van der Waals surface area contributed by atoms with Gasteiger partial charge in [-0.3, -0.25) is 0 Å². The lowest BCUT2D eigenvalue weighted by Crippen LogP contribution is -2.29. The number of nitrogens with zero attached hydrogens (tertiary/aromatic N) is 1. The molecule has 0 fully saturated rings. The molecule has 1 aromatic carbocycles. The van der Waals surface area contributed by atoms with E-state index in [1.807, 2.05) is 12.1 Å². The van der Waals surface area contributed by atoms with Crippen LogP contribution in [-0.2, 0) is 6.54 Å². The Morgan fingerprint density at radius 3 is 2.62 bits per heavy atom. The molecule has 0 amide bonds. The Bertz CT molecular complexity index is 313. The van der Waals surface area contributed by atoms with Crippen LogP contribution in [0.4, 0.5) is 4.39 Å². The van der Waals surface area contributed by atoms with E-state index in [1.54, 1.807) is 6.07 Å². The van der Waals surface area contributed by atoms with Crippen molar-refractivity contribution in [2.75, 3.05) is 20.6 Å². The Morgan fingerprint density at radius 2 is 2.00 bits per heavy atom. The molecule has 3 heteroatoms. The maximum atomic E-state index is 13.3. The molecular weight excluding hydrogens is 203 g/mol. The summed E-state index contributed by atoms with van der Waals surface area (Å²) < 4.78 is 13.3. The first kappa shape index (κ1) is 13.1. The van der Waals surface area contributed by atoms with E-state index < -0.39 is 0 Å². The van der Waals surface area contributed by atoms with Gasteiger partial charge in [0.05, 0.1) is 0 Å². The molecule has 0 aliphatic heterocycles. The molecule has 1 N–H and O–H groups in total. The van der Waals surface area contributed by atoms with Gasteiger partial charge in [-0.1, -0.05) is 18.2 Å². The first-order valence-corrected chi connectivity index (χ1v) is 5.71. The molecule has 0 aromatic heterocycles. The van der Waals surface area contributed by atoms with Crippen molar-refractivity contribution in [3.8, 4) is 0 Å². The lowest BCUT2D eigenvalue weighted by Gasteiger charge is -2.16. The summed E-state index contributed by atoms with van der Waals surface area (Å²) in [5, 5.41) is 3.33. The highest BCUT2D eigenvalue weighted by atomic mass is 19.1. The van der Waals surface area contributed by atoms with Crippen molar-refractivity contribution in [3.63, 3.8) is 0 Å². The van der Waals surface area contributed by atoms with Crippen molar-refractivity contribution < 1.29 is 4.39 Å². The Labute approximate surface area is 97.5 Å². The average molecular weight is 224 g/mol. The van der Waals surface area contributed by atoms with Crippen LogP contribution in [0, 0.1) is 5.82 Å². The van der Waals surface area contributed by atoms with Crippen LogP contribution in [0.3, 0.4) is 0 Å². The zero-order chi connectivity index (χ0) is 12.0. The maximum absolute atomic E-state index is 13.3. The highest BCUT2D eigenvalue weighted by Gasteiger charge is 2.04. The molecule has 90 valence electrons. The number of hydrogen-bond donors (Lipinski definition) is 1. The number of benzene rings is 1. The average Bonchev–Trinajstić information content (AvgIpc) is 2.25. The predicted molar refractivity (Wildman–Crippen MR) is 65.9 cm³/mol. The van der Waals surface area contributed by atoms with Gasteiger partial charge in [0.15, 0.2) is 0 Å². The Hall–Kier alpha value is -0.930. The molecule has 1 aromatic rings. The minimum Gasteiger partial charge on any atom is -0.310 e. The number of rotatable bonds is 6. The third-order valence-electron chi connectivity index (χ3n) is 2.61. The fraction of sp³-hybridized carbons (Fsp3) is 0.538. The molecule has 16 heavy (non-hydrogen) atoms. The van der Waals surface area contributed by atoms with Crippen molar-refractivity contribution >= 4 is 0 Å². The minimum absolute atomic E-state index is 0.130. The molecule has 0 radical (unpaired) electrons. The molecule has 0 aliphatic rings. The predicted octanol–water partition coefficient (Wildman–Crippen LogP) is 2.26. The van der Waals surface area contributed by atoms with Gasteiger partial charge >= 0.3 is 0 Å². The van der Waals surface area contributed by atoms with E-state index in [4.69, 9.17) is 0 Å². The molecule has 1 unspecified atom stereocenters. The second-order valence-corrected chi connectivity index (χ2v) is 4.47. The summed E-state index contributed by atoms with van der Waals surface area (Å²) in [5.74, 6) is -0.130. The second kappa shape index (κ2) is 6.61. The van der Waals surface area contributed by atoms with Crippen LogP contribution in [0.2, 0.25) is 0 Å². The van der Waals surface area contributed by atoms with Gasteiger partial charge in [-0.15, -0.1) is 0 Å². The molecule has 2 nitrogen and oxygen atoms in total. The molecule has 1 rings (SSSR count). The normalized spacial score (nSPS) is 13.1. The largest absolute Gasteiger partial charge is 0.310 e. The van der Waals surface area contributed by atoms with Gasteiger partial charge in [-0.25, -0.2) is 4.39 Å². The monoisotopic (exact) mass is 224 g/mol. The van der Waals surface area contributed by atoms with Gasteiger partial charge in [-0.05, 0) is 40.1 Å². The van der Waals surface area contributed by atoms with Gasteiger partial charge < -0.3 is 10.2 Å². The van der Waals surface area contributed by atoms with Crippen molar-refractivity contribution in [1.82, 2.24) is 10.2 Å².